The molecule has 0 aliphatic heterocycles. The Hall–Kier alpha value is -6.72. The molecule has 0 aliphatic rings. The van der Waals surface area contributed by atoms with Crippen LogP contribution in [0.2, 0.25) is 0 Å². The van der Waals surface area contributed by atoms with Crippen LogP contribution in [0.1, 0.15) is 68.6 Å². The Bertz CT molecular complexity index is 2510. The second kappa shape index (κ2) is 17.6. The van der Waals surface area contributed by atoms with Crippen molar-refractivity contribution in [2.75, 3.05) is 35.8 Å². The van der Waals surface area contributed by atoms with Gasteiger partial charge in [-0.1, -0.05) is 84.4 Å². The van der Waals surface area contributed by atoms with Crippen molar-refractivity contribution in [1.82, 2.24) is 0 Å². The lowest BCUT2D eigenvalue weighted by atomic mass is 9.82. The first-order chi connectivity index (χ1) is 28.8. The standard InChI is InChI=1S/C55H56N3O2/c1-35(2)55(59)60-34-51(42-16-12-11-13-17-42)56-50-29-28-49(47-18-14-15-19-48(47)50)52(43-20-24-45(25-21-43)57(9)53-38(5)30-36(3)31-39(53)6)44-22-26-46(27-23-44)58(10)54-40(7)32-37(4)33-41(54)8/h11-33,51,56H,1,34H2,2-10H3/q+1. The number of nitrogens with one attached hydrogen (secondary N) is 1. The molecule has 1 atom stereocenters. The fourth-order valence-corrected chi connectivity index (χ4v) is 8.86. The molecule has 0 amide bonds. The number of benzene rings is 7. The third-order valence-corrected chi connectivity index (χ3v) is 11.5. The second-order valence-corrected chi connectivity index (χ2v) is 16.3. The van der Waals surface area contributed by atoms with Crippen molar-refractivity contribution in [3.63, 3.8) is 0 Å². The highest BCUT2D eigenvalue weighted by atomic mass is 16.5. The third-order valence-electron chi connectivity index (χ3n) is 11.5. The number of esters is 1. The van der Waals surface area contributed by atoms with Crippen molar-refractivity contribution >= 4 is 45.2 Å². The molecular formula is C55H56N3O2+. The quantitative estimate of drug-likeness (QED) is 0.0545. The Labute approximate surface area is 357 Å². The summed E-state index contributed by atoms with van der Waals surface area (Å²) in [6.07, 6.45) is 0. The van der Waals surface area contributed by atoms with Crippen LogP contribution in [0.25, 0.3) is 10.8 Å². The maximum Gasteiger partial charge on any atom is 0.333 e. The number of carbonyl (C=O) groups is 1. The van der Waals surface area contributed by atoms with E-state index in [1.54, 1.807) is 6.92 Å². The van der Waals surface area contributed by atoms with E-state index < -0.39 is 5.97 Å². The van der Waals surface area contributed by atoms with E-state index in [1.165, 1.54) is 44.8 Å². The van der Waals surface area contributed by atoms with Crippen molar-refractivity contribution < 1.29 is 9.53 Å². The highest BCUT2D eigenvalue weighted by molar-refractivity contribution is 5.98. The van der Waals surface area contributed by atoms with Gasteiger partial charge < -0.3 is 19.9 Å². The molecule has 0 bridgehead atoms. The van der Waals surface area contributed by atoms with Crippen molar-refractivity contribution in [3.8, 4) is 0 Å². The lowest BCUT2D eigenvalue weighted by molar-refractivity contribution is -0.139. The first-order valence-corrected chi connectivity index (χ1v) is 20.7. The summed E-state index contributed by atoms with van der Waals surface area (Å²) < 4.78 is 5.72. The Kier molecular flexibility index (Phi) is 12.2. The van der Waals surface area contributed by atoms with Gasteiger partial charge >= 0.3 is 5.97 Å². The van der Waals surface area contributed by atoms with Crippen molar-refractivity contribution in [2.45, 2.75) is 54.5 Å². The minimum absolute atomic E-state index is 0.161. The molecule has 0 saturated heterocycles. The Morgan fingerprint density at radius 3 is 1.53 bits per heavy atom. The molecule has 5 heteroatoms. The molecule has 302 valence electrons. The van der Waals surface area contributed by atoms with E-state index in [1.807, 2.05) is 18.2 Å². The van der Waals surface area contributed by atoms with Gasteiger partial charge in [0, 0.05) is 41.8 Å². The van der Waals surface area contributed by atoms with Gasteiger partial charge in [-0.2, -0.15) is 0 Å². The average molecular weight is 791 g/mol. The Morgan fingerprint density at radius 1 is 0.617 bits per heavy atom. The number of ether oxygens (including phenoxy) is 1. The molecule has 0 spiro atoms. The summed E-state index contributed by atoms with van der Waals surface area (Å²) >= 11 is 0. The molecule has 0 radical (unpaired) electrons. The van der Waals surface area contributed by atoms with Gasteiger partial charge in [-0.3, -0.25) is 0 Å². The molecule has 0 aromatic heterocycles. The first kappa shape index (κ1) is 41.4. The monoisotopic (exact) mass is 790 g/mol. The predicted octanol–water partition coefficient (Wildman–Crippen LogP) is 13.5. The Balaban J connectivity index is 1.31. The van der Waals surface area contributed by atoms with Crippen LogP contribution in [0, 0.1) is 47.5 Å². The number of anilines is 5. The fourth-order valence-electron chi connectivity index (χ4n) is 8.86. The molecule has 7 aromatic carbocycles. The van der Waals surface area contributed by atoms with Gasteiger partial charge in [0.1, 0.15) is 6.61 Å². The number of fused-ring (bicyclic) bond motifs is 1. The van der Waals surface area contributed by atoms with Crippen LogP contribution < -0.4 is 15.1 Å². The minimum atomic E-state index is -0.403. The van der Waals surface area contributed by atoms with Gasteiger partial charge in [-0.05, 0) is 149 Å². The van der Waals surface area contributed by atoms with Crippen LogP contribution in [-0.2, 0) is 9.53 Å². The van der Waals surface area contributed by atoms with Gasteiger partial charge in [-0.15, -0.1) is 0 Å². The highest BCUT2D eigenvalue weighted by Gasteiger charge is 2.28. The third kappa shape index (κ3) is 8.67. The maximum absolute atomic E-state index is 12.5. The van der Waals surface area contributed by atoms with Gasteiger partial charge in [0.25, 0.3) is 0 Å². The van der Waals surface area contributed by atoms with Crippen molar-refractivity contribution in [1.29, 1.82) is 0 Å². The zero-order chi connectivity index (χ0) is 42.7. The number of hydrogen-bond acceptors (Lipinski definition) is 5. The largest absolute Gasteiger partial charge is 0.460 e. The Morgan fingerprint density at radius 2 is 1.07 bits per heavy atom. The second-order valence-electron chi connectivity index (χ2n) is 16.3. The summed E-state index contributed by atoms with van der Waals surface area (Å²) in [7, 11) is 4.30. The van der Waals surface area contributed by atoms with Crippen LogP contribution in [0.5, 0.6) is 0 Å². The van der Waals surface area contributed by atoms with Crippen LogP contribution in [0.15, 0.2) is 152 Å². The molecule has 0 aliphatic carbocycles. The molecule has 0 heterocycles. The van der Waals surface area contributed by atoms with E-state index in [-0.39, 0.29) is 12.6 Å². The van der Waals surface area contributed by atoms with Crippen LogP contribution in [-0.4, -0.2) is 26.7 Å². The van der Waals surface area contributed by atoms with E-state index in [2.05, 4.69) is 199 Å². The van der Waals surface area contributed by atoms with Gasteiger partial charge in [0.05, 0.1) is 45.7 Å². The molecule has 0 fully saturated rings. The van der Waals surface area contributed by atoms with Crippen LogP contribution in [0.3, 0.4) is 0 Å². The first-order valence-electron chi connectivity index (χ1n) is 20.7. The fraction of sp³-hybridized carbons (Fsp3) is 0.200. The molecule has 60 heavy (non-hydrogen) atoms. The van der Waals surface area contributed by atoms with Crippen molar-refractivity contribution in [3.05, 3.63) is 213 Å². The zero-order valence-corrected chi connectivity index (χ0v) is 36.5. The zero-order valence-electron chi connectivity index (χ0n) is 36.5. The summed E-state index contributed by atoms with van der Waals surface area (Å²) in [6.45, 7) is 18.7. The number of aryl methyl sites for hydroxylation is 6. The molecule has 0 saturated carbocycles. The minimum Gasteiger partial charge on any atom is -0.460 e. The SMILES string of the molecule is C=C(C)C(=O)OCC(Nc1ccc([C+](c2ccc(N(C)c3c(C)cc(C)cc3C)cc2)c2ccc(N(C)c3c(C)cc(C)cc3C)cc2)c2ccccc12)c1ccccc1. The number of hydrogen-bond donors (Lipinski definition) is 1. The molecule has 1 N–H and O–H groups in total. The number of rotatable bonds is 13. The van der Waals surface area contributed by atoms with Gasteiger partial charge in [0.2, 0.25) is 0 Å². The summed E-state index contributed by atoms with van der Waals surface area (Å²) in [5.41, 5.74) is 18.0. The molecule has 1 unspecified atom stereocenters. The highest BCUT2D eigenvalue weighted by Crippen LogP contribution is 2.41. The predicted molar refractivity (Wildman–Crippen MR) is 253 cm³/mol. The summed E-state index contributed by atoms with van der Waals surface area (Å²) in [5.74, 6) is 0.737. The van der Waals surface area contributed by atoms with Crippen LogP contribution in [0.4, 0.5) is 28.4 Å². The molecule has 7 rings (SSSR count). The maximum atomic E-state index is 12.5. The smallest absolute Gasteiger partial charge is 0.333 e. The lowest BCUT2D eigenvalue weighted by Gasteiger charge is -2.25. The van der Waals surface area contributed by atoms with E-state index in [0.717, 1.165) is 56.0 Å². The molecule has 7 aromatic rings. The topological polar surface area (TPSA) is 44.8 Å². The molecule has 5 nitrogen and oxygen atoms in total. The normalized spacial score (nSPS) is 11.6. The van der Waals surface area contributed by atoms with Gasteiger partial charge in [-0.25, -0.2) is 4.79 Å². The average Bonchev–Trinajstić information content (AvgIpc) is 3.22. The number of carbonyl (C=O) groups excluding carboxylic acids is 1. The lowest BCUT2D eigenvalue weighted by Crippen LogP contribution is -2.20. The van der Waals surface area contributed by atoms with Crippen molar-refractivity contribution in [2.24, 2.45) is 0 Å². The van der Waals surface area contributed by atoms with E-state index >= 15 is 0 Å². The summed E-state index contributed by atoms with van der Waals surface area (Å²) in [6, 6.07) is 49.7. The van der Waals surface area contributed by atoms with E-state index in [0.29, 0.717) is 5.57 Å². The summed E-state index contributed by atoms with van der Waals surface area (Å²) in [4.78, 5) is 17.1. The van der Waals surface area contributed by atoms with E-state index in [9.17, 15) is 4.79 Å². The summed E-state index contributed by atoms with van der Waals surface area (Å²) in [5, 5.41) is 5.93. The number of nitrogens with zero attached hydrogens (tertiary/aromatic N) is 2. The van der Waals surface area contributed by atoms with Crippen LogP contribution >= 0.6 is 0 Å². The molecular weight excluding hydrogens is 735 g/mol. The van der Waals surface area contributed by atoms with Gasteiger partial charge in [0.15, 0.2) is 0 Å². The van der Waals surface area contributed by atoms with E-state index in [4.69, 9.17) is 4.74 Å².